The zero-order valence-corrected chi connectivity index (χ0v) is 17.9. The van der Waals surface area contributed by atoms with E-state index >= 15 is 0 Å². The van der Waals surface area contributed by atoms with Crippen LogP contribution in [-0.4, -0.2) is 18.0 Å². The van der Waals surface area contributed by atoms with Gasteiger partial charge >= 0.3 is 0 Å². The maximum Gasteiger partial charge on any atom is 0.275 e. The van der Waals surface area contributed by atoms with Crippen molar-refractivity contribution in [3.8, 4) is 5.75 Å². The molecule has 2 aromatic carbocycles. The number of rotatable bonds is 5. The van der Waals surface area contributed by atoms with Gasteiger partial charge < -0.3 is 20.2 Å². The Morgan fingerprint density at radius 2 is 1.94 bits per heavy atom. The minimum absolute atomic E-state index is 0.291. The van der Waals surface area contributed by atoms with Gasteiger partial charge in [0.15, 0.2) is 6.17 Å². The minimum Gasteiger partial charge on any atom is -0.497 e. The first kappa shape index (κ1) is 19.8. The molecule has 0 radical (unpaired) electrons. The molecule has 160 valence electrons. The van der Waals surface area contributed by atoms with Gasteiger partial charge in [-0.15, -0.1) is 11.3 Å². The van der Waals surface area contributed by atoms with E-state index in [2.05, 4.69) is 10.3 Å². The summed E-state index contributed by atoms with van der Waals surface area (Å²) in [4.78, 5) is 23.8. The van der Waals surface area contributed by atoms with Crippen LogP contribution in [-0.2, 0) is 0 Å². The van der Waals surface area contributed by atoms with Crippen LogP contribution in [0.25, 0.3) is 5.82 Å². The van der Waals surface area contributed by atoms with Crippen LogP contribution >= 0.6 is 11.3 Å². The number of hydrogen-bond acceptors (Lipinski definition) is 8. The number of thiazole rings is 1. The van der Waals surface area contributed by atoms with E-state index in [9.17, 15) is 4.79 Å². The van der Waals surface area contributed by atoms with Crippen molar-refractivity contribution >= 4 is 34.4 Å². The van der Waals surface area contributed by atoms with Crippen molar-refractivity contribution < 1.29 is 13.9 Å². The van der Waals surface area contributed by atoms with E-state index < -0.39 is 6.17 Å². The molecule has 3 heterocycles. The number of hydrogen-bond donors (Lipinski definition) is 2. The number of ether oxygens (including phenoxy) is 1. The van der Waals surface area contributed by atoms with Crippen LogP contribution in [0.3, 0.4) is 0 Å². The second kappa shape index (κ2) is 8.20. The predicted molar refractivity (Wildman–Crippen MR) is 122 cm³/mol. The summed E-state index contributed by atoms with van der Waals surface area (Å²) >= 11 is 1.34. The summed E-state index contributed by atoms with van der Waals surface area (Å²) in [5, 5.41) is 5.88. The number of para-hydroxylation sites is 1. The highest BCUT2D eigenvalue weighted by Crippen LogP contribution is 2.34. The molecule has 0 aliphatic carbocycles. The molecule has 0 saturated carbocycles. The van der Waals surface area contributed by atoms with Gasteiger partial charge in [-0.05, 0) is 42.5 Å². The van der Waals surface area contributed by atoms with Gasteiger partial charge in [-0.1, -0.05) is 18.2 Å². The largest absolute Gasteiger partial charge is 0.497 e. The Kier molecular flexibility index (Phi) is 5.08. The zero-order chi connectivity index (χ0) is 22.1. The molecular weight excluding hydrogens is 426 g/mol. The highest BCUT2D eigenvalue weighted by molar-refractivity contribution is 7.10. The molecule has 32 heavy (non-hydrogen) atoms. The number of nitrogens with two attached hydrogens (primary N) is 1. The lowest BCUT2D eigenvalue weighted by molar-refractivity contribution is 0.102. The normalized spacial score (nSPS) is 15.1. The third-order valence-corrected chi connectivity index (χ3v) is 5.91. The van der Waals surface area contributed by atoms with Gasteiger partial charge in [0.1, 0.15) is 22.3 Å². The number of anilines is 2. The standard InChI is InChI=1S/C23H19N5O3S/c1-30-16-9-7-15(8-10-16)28-19(24)17-11-12-31-22(17)27-20(28)23-26-18(13-32-23)21(29)25-14-5-3-2-4-6-14/h2-13,20H,24H2,1H3,(H,25,29). The molecule has 0 saturated heterocycles. The number of carbonyl (C=O) groups is 1. The molecule has 4 aromatic rings. The van der Waals surface area contributed by atoms with Crippen molar-refractivity contribution in [1.29, 1.82) is 0 Å². The highest BCUT2D eigenvalue weighted by atomic mass is 32.1. The average Bonchev–Trinajstić information content (AvgIpc) is 3.50. The molecular formula is C23H19N5O3S. The topological polar surface area (TPSA) is 106 Å². The summed E-state index contributed by atoms with van der Waals surface area (Å²) in [5.74, 6) is 0.932. The molecule has 1 aliphatic rings. The minimum atomic E-state index is -0.578. The lowest BCUT2D eigenvalue weighted by Gasteiger charge is -2.31. The van der Waals surface area contributed by atoms with Gasteiger partial charge in [-0.2, -0.15) is 0 Å². The number of furan rings is 1. The van der Waals surface area contributed by atoms with E-state index in [-0.39, 0.29) is 5.91 Å². The van der Waals surface area contributed by atoms with Gasteiger partial charge in [0.05, 0.1) is 18.6 Å². The molecule has 1 atom stereocenters. The Balaban J connectivity index is 1.51. The van der Waals surface area contributed by atoms with Crippen LogP contribution in [0.1, 0.15) is 21.7 Å². The molecule has 8 nitrogen and oxygen atoms in total. The van der Waals surface area contributed by atoms with Gasteiger partial charge in [0.25, 0.3) is 5.91 Å². The molecule has 2 aromatic heterocycles. The van der Waals surface area contributed by atoms with E-state index in [4.69, 9.17) is 19.9 Å². The summed E-state index contributed by atoms with van der Waals surface area (Å²) in [6, 6.07) is 18.5. The molecule has 0 fully saturated rings. The number of benzene rings is 2. The van der Waals surface area contributed by atoms with Crippen LogP contribution in [0.4, 0.5) is 11.4 Å². The van der Waals surface area contributed by atoms with Gasteiger partial charge in [0, 0.05) is 16.8 Å². The van der Waals surface area contributed by atoms with Crippen molar-refractivity contribution in [1.82, 2.24) is 4.98 Å². The molecule has 3 N–H and O–H groups in total. The molecule has 5 rings (SSSR count). The summed E-state index contributed by atoms with van der Waals surface area (Å²) < 4.78 is 10.8. The number of nitrogens with one attached hydrogen (secondary N) is 1. The van der Waals surface area contributed by atoms with E-state index in [1.54, 1.807) is 24.8 Å². The maximum atomic E-state index is 12.7. The fraction of sp³-hybridized carbons (Fsp3) is 0.0870. The fourth-order valence-corrected chi connectivity index (χ4v) is 4.27. The Bertz CT molecular complexity index is 1380. The smallest absolute Gasteiger partial charge is 0.275 e. The van der Waals surface area contributed by atoms with Crippen LogP contribution in [0.2, 0.25) is 0 Å². The van der Waals surface area contributed by atoms with Crippen molar-refractivity contribution in [2.24, 2.45) is 10.7 Å². The summed E-state index contributed by atoms with van der Waals surface area (Å²) in [6.45, 7) is 0. The quantitative estimate of drug-likeness (QED) is 0.489. The number of nitrogens with zero attached hydrogens (tertiary/aromatic N) is 3. The zero-order valence-electron chi connectivity index (χ0n) is 17.1. The number of amides is 1. The number of carbonyl (C=O) groups excluding carboxylic acids is 1. The highest BCUT2D eigenvalue weighted by Gasteiger charge is 2.30. The van der Waals surface area contributed by atoms with Crippen molar-refractivity contribution in [3.63, 3.8) is 0 Å². The molecule has 9 heteroatoms. The lowest BCUT2D eigenvalue weighted by Crippen LogP contribution is -2.43. The summed E-state index contributed by atoms with van der Waals surface area (Å²) in [6.07, 6.45) is 0.973. The third-order valence-electron chi connectivity index (χ3n) is 5.02. The van der Waals surface area contributed by atoms with E-state index in [1.165, 1.54) is 11.3 Å². The van der Waals surface area contributed by atoms with Crippen molar-refractivity contribution in [2.75, 3.05) is 17.3 Å². The first-order valence-corrected chi connectivity index (χ1v) is 10.7. The van der Waals surface area contributed by atoms with Crippen LogP contribution in [0.5, 0.6) is 5.75 Å². The van der Waals surface area contributed by atoms with Gasteiger partial charge in [0.2, 0.25) is 5.55 Å². The molecule has 1 amide bonds. The monoisotopic (exact) mass is 445 g/mol. The Labute approximate surface area is 187 Å². The van der Waals surface area contributed by atoms with Crippen LogP contribution < -0.4 is 31.5 Å². The Morgan fingerprint density at radius 3 is 2.69 bits per heavy atom. The Morgan fingerprint density at radius 1 is 1.16 bits per heavy atom. The van der Waals surface area contributed by atoms with Gasteiger partial charge in [-0.25, -0.2) is 9.98 Å². The van der Waals surface area contributed by atoms with Crippen molar-refractivity contribution in [2.45, 2.75) is 6.17 Å². The Hall–Kier alpha value is -4.11. The number of aromatic nitrogens is 1. The molecule has 0 bridgehead atoms. The number of methoxy groups -OCH3 is 1. The molecule has 1 aliphatic heterocycles. The lowest BCUT2D eigenvalue weighted by atomic mass is 10.2. The average molecular weight is 446 g/mol. The first-order chi connectivity index (χ1) is 15.6. The maximum absolute atomic E-state index is 12.7. The van der Waals surface area contributed by atoms with Crippen LogP contribution in [0.15, 0.2) is 81.7 Å². The third kappa shape index (κ3) is 3.58. The first-order valence-electron chi connectivity index (χ1n) is 9.80. The van der Waals surface area contributed by atoms with Crippen molar-refractivity contribution in [3.05, 3.63) is 93.8 Å². The summed E-state index contributed by atoms with van der Waals surface area (Å²) in [5.41, 5.74) is 8.78. The SMILES string of the molecule is COc1ccc(N2C(N)=c3ccoc3=NC2c2nc(C(=O)Nc3ccccc3)cs2)cc1. The van der Waals surface area contributed by atoms with Gasteiger partial charge in [-0.3, -0.25) is 9.69 Å². The van der Waals surface area contributed by atoms with E-state index in [0.29, 0.717) is 33.0 Å². The second-order valence-electron chi connectivity index (χ2n) is 6.99. The number of fused-ring (bicyclic) bond motifs is 1. The van der Waals surface area contributed by atoms with Crippen LogP contribution in [0, 0.1) is 0 Å². The van der Waals surface area contributed by atoms with E-state index in [0.717, 1.165) is 11.4 Å². The fourth-order valence-electron chi connectivity index (χ4n) is 3.44. The second-order valence-corrected chi connectivity index (χ2v) is 7.88. The molecule has 0 spiro atoms. The van der Waals surface area contributed by atoms with E-state index in [1.807, 2.05) is 59.5 Å². The predicted octanol–water partition coefficient (Wildman–Crippen LogP) is 2.86. The summed E-state index contributed by atoms with van der Waals surface area (Å²) in [7, 11) is 1.61. The molecule has 1 unspecified atom stereocenters.